The van der Waals surface area contributed by atoms with Crippen molar-refractivity contribution in [3.63, 3.8) is 0 Å². The maximum absolute atomic E-state index is 14.7. The van der Waals surface area contributed by atoms with Crippen LogP contribution in [-0.4, -0.2) is 12.8 Å². The van der Waals surface area contributed by atoms with Crippen LogP contribution in [0.15, 0.2) is 35.5 Å². The van der Waals surface area contributed by atoms with Crippen LogP contribution >= 0.6 is 9.24 Å². The molecule has 144 valence electrons. The van der Waals surface area contributed by atoms with E-state index in [4.69, 9.17) is 0 Å². The van der Waals surface area contributed by atoms with E-state index in [0.29, 0.717) is 5.56 Å². The second-order valence-corrected chi connectivity index (χ2v) is 9.84. The number of halogens is 1. The number of nitrogens with zero attached hydrogens (tertiary/aromatic N) is 1. The lowest BCUT2D eigenvalue weighted by Crippen LogP contribution is -2.42. The van der Waals surface area contributed by atoms with E-state index in [0.717, 1.165) is 36.1 Å². The molecular weight excluding hydrogens is 356 g/mol. The zero-order chi connectivity index (χ0) is 19.2. The number of fused-ring (bicyclic) bond motifs is 1. The van der Waals surface area contributed by atoms with Crippen LogP contribution in [0.1, 0.15) is 69.9 Å². The highest BCUT2D eigenvalue weighted by atomic mass is 31.0. The minimum absolute atomic E-state index is 0.245. The Bertz CT molecular complexity index is 823. The molecule has 2 saturated carbocycles. The van der Waals surface area contributed by atoms with Gasteiger partial charge in [-0.25, -0.2) is 4.39 Å². The van der Waals surface area contributed by atoms with E-state index in [1.807, 2.05) is 18.2 Å². The first-order valence-corrected chi connectivity index (χ1v) is 10.7. The number of hydrogen-bond acceptors (Lipinski definition) is 2. The van der Waals surface area contributed by atoms with Gasteiger partial charge in [0.05, 0.1) is 0 Å². The van der Waals surface area contributed by atoms with Gasteiger partial charge in [0.2, 0.25) is 0 Å². The summed E-state index contributed by atoms with van der Waals surface area (Å²) >= 11 is 0. The Morgan fingerprint density at radius 1 is 1.26 bits per heavy atom. The van der Waals surface area contributed by atoms with Crippen LogP contribution in [0.25, 0.3) is 5.57 Å². The van der Waals surface area contributed by atoms with Gasteiger partial charge in [-0.15, -0.1) is 0 Å². The monoisotopic (exact) mass is 385 g/mol. The Kier molecular flexibility index (Phi) is 4.79. The van der Waals surface area contributed by atoms with Gasteiger partial charge in [0.1, 0.15) is 11.7 Å². The predicted octanol–water partition coefficient (Wildman–Crippen LogP) is 6.12. The summed E-state index contributed by atoms with van der Waals surface area (Å²) in [4.78, 5) is 13.6. The van der Waals surface area contributed by atoms with E-state index in [9.17, 15) is 9.18 Å². The molecule has 0 amide bonds. The van der Waals surface area contributed by atoms with E-state index in [2.05, 4.69) is 21.1 Å². The number of carbonyl (C=O) groups is 1. The second-order valence-electron chi connectivity index (χ2n) is 8.76. The molecule has 0 bridgehead atoms. The van der Waals surface area contributed by atoms with Crippen LogP contribution in [0.4, 0.5) is 10.1 Å². The first-order valence-electron chi connectivity index (χ1n) is 10.1. The van der Waals surface area contributed by atoms with Crippen molar-refractivity contribution in [2.24, 2.45) is 5.41 Å². The van der Waals surface area contributed by atoms with E-state index in [1.165, 1.54) is 44.2 Å². The fourth-order valence-electron chi connectivity index (χ4n) is 4.78. The maximum Gasteiger partial charge on any atom is 0.145 e. The number of rotatable bonds is 4. The minimum Gasteiger partial charge on any atom is -0.344 e. The molecule has 0 spiro atoms. The predicted molar refractivity (Wildman–Crippen MR) is 113 cm³/mol. The average molecular weight is 385 g/mol. The summed E-state index contributed by atoms with van der Waals surface area (Å²) in [5, 5.41) is -1.46. The van der Waals surface area contributed by atoms with Crippen molar-refractivity contribution in [3.05, 3.63) is 46.7 Å². The Morgan fingerprint density at radius 3 is 2.52 bits per heavy atom. The standard InChI is InChI=1S/C23H29FNOP/c1-22(11-4-12-22)21(17-5-3-6-17)25-13-9-16(10-14-26)19-8-7-18(15-20(19)25)23(2,24)27/h7-8,10,14-15H,3-6,9,11-13,27H2,1-2H3/b16-10+. The normalized spacial score (nSPS) is 24.5. The molecule has 0 saturated heterocycles. The topological polar surface area (TPSA) is 20.3 Å². The van der Waals surface area contributed by atoms with E-state index in [1.54, 1.807) is 18.6 Å². The molecule has 4 heteroatoms. The van der Waals surface area contributed by atoms with Crippen molar-refractivity contribution < 1.29 is 9.18 Å². The molecule has 2 nitrogen and oxygen atoms in total. The third kappa shape index (κ3) is 3.29. The first-order chi connectivity index (χ1) is 12.8. The molecule has 2 unspecified atom stereocenters. The van der Waals surface area contributed by atoms with Gasteiger partial charge in [0.25, 0.3) is 0 Å². The average Bonchev–Trinajstić information content (AvgIpc) is 2.55. The van der Waals surface area contributed by atoms with Gasteiger partial charge in [-0.2, -0.15) is 0 Å². The first kappa shape index (κ1) is 18.9. The number of anilines is 1. The molecule has 0 N–H and O–H groups in total. The lowest BCUT2D eigenvalue weighted by atomic mass is 9.64. The summed E-state index contributed by atoms with van der Waals surface area (Å²) in [6.07, 6.45) is 10.8. The lowest BCUT2D eigenvalue weighted by Gasteiger charge is -2.50. The third-order valence-corrected chi connectivity index (χ3v) is 7.00. The molecule has 2 fully saturated rings. The Labute approximate surface area is 164 Å². The number of benzene rings is 1. The zero-order valence-corrected chi connectivity index (χ0v) is 17.5. The smallest absolute Gasteiger partial charge is 0.145 e. The van der Waals surface area contributed by atoms with Gasteiger partial charge in [-0.05, 0) is 68.7 Å². The van der Waals surface area contributed by atoms with Crippen LogP contribution in [0, 0.1) is 5.41 Å². The van der Waals surface area contributed by atoms with Gasteiger partial charge in [0.15, 0.2) is 0 Å². The largest absolute Gasteiger partial charge is 0.344 e. The molecule has 2 aliphatic carbocycles. The summed E-state index contributed by atoms with van der Waals surface area (Å²) < 4.78 is 14.7. The molecule has 27 heavy (non-hydrogen) atoms. The van der Waals surface area contributed by atoms with Crippen LogP contribution in [0.3, 0.4) is 0 Å². The molecule has 1 heterocycles. The van der Waals surface area contributed by atoms with Crippen molar-refractivity contribution in [3.8, 4) is 0 Å². The van der Waals surface area contributed by atoms with Crippen molar-refractivity contribution >= 4 is 26.8 Å². The Hall–Kier alpha value is -1.47. The van der Waals surface area contributed by atoms with Crippen molar-refractivity contribution in [1.29, 1.82) is 0 Å². The van der Waals surface area contributed by atoms with Crippen LogP contribution in [0.5, 0.6) is 0 Å². The Morgan fingerprint density at radius 2 is 2.00 bits per heavy atom. The zero-order valence-electron chi connectivity index (χ0n) is 16.4. The quantitative estimate of drug-likeness (QED) is 0.353. The summed E-state index contributed by atoms with van der Waals surface area (Å²) in [6.45, 7) is 4.84. The molecule has 4 rings (SSSR count). The summed E-state index contributed by atoms with van der Waals surface area (Å²) in [5.41, 5.74) is 7.20. The van der Waals surface area contributed by atoms with Gasteiger partial charge < -0.3 is 4.90 Å². The van der Waals surface area contributed by atoms with E-state index >= 15 is 0 Å². The highest BCUT2D eigenvalue weighted by molar-refractivity contribution is 7.18. The second kappa shape index (κ2) is 6.85. The summed E-state index contributed by atoms with van der Waals surface area (Å²) in [6, 6.07) is 5.86. The van der Waals surface area contributed by atoms with Gasteiger partial charge in [-0.3, -0.25) is 4.79 Å². The number of carbonyl (C=O) groups excluding carboxylic acids is 1. The highest BCUT2D eigenvalue weighted by Crippen LogP contribution is 2.54. The molecule has 1 aromatic rings. The van der Waals surface area contributed by atoms with E-state index in [-0.39, 0.29) is 5.41 Å². The van der Waals surface area contributed by atoms with Crippen molar-refractivity contribution in [1.82, 2.24) is 0 Å². The maximum atomic E-state index is 14.7. The number of hydrogen-bond donors (Lipinski definition) is 0. The molecule has 2 atom stereocenters. The van der Waals surface area contributed by atoms with E-state index < -0.39 is 5.41 Å². The number of allylic oxidation sites excluding steroid dienone is 3. The van der Waals surface area contributed by atoms with Crippen LogP contribution < -0.4 is 4.90 Å². The SMILES string of the molecule is CC1(C(=C2CCC2)N2CC/C(=C\C=O)c3ccc(C(C)(F)P)cc32)CCC1. The molecule has 0 aromatic heterocycles. The van der Waals surface area contributed by atoms with Gasteiger partial charge in [-0.1, -0.05) is 40.3 Å². The van der Waals surface area contributed by atoms with Gasteiger partial charge >= 0.3 is 0 Å². The van der Waals surface area contributed by atoms with Crippen LogP contribution in [0.2, 0.25) is 0 Å². The highest BCUT2D eigenvalue weighted by Gasteiger charge is 2.42. The fraction of sp³-hybridized carbons (Fsp3) is 0.522. The summed E-state index contributed by atoms with van der Waals surface area (Å²) in [5.74, 6) is 0. The Balaban J connectivity index is 1.87. The molecule has 0 radical (unpaired) electrons. The third-order valence-electron chi connectivity index (χ3n) is 6.66. The van der Waals surface area contributed by atoms with Crippen molar-refractivity contribution in [2.75, 3.05) is 11.4 Å². The minimum atomic E-state index is -1.46. The molecule has 1 aromatic carbocycles. The lowest BCUT2D eigenvalue weighted by molar-refractivity contribution is -0.104. The van der Waals surface area contributed by atoms with Gasteiger partial charge in [0, 0.05) is 28.9 Å². The van der Waals surface area contributed by atoms with Crippen molar-refractivity contribution in [2.45, 2.75) is 64.2 Å². The molecule has 3 aliphatic rings. The summed E-state index contributed by atoms with van der Waals surface area (Å²) in [7, 11) is 2.30. The number of aldehydes is 1. The number of alkyl halides is 1. The fourth-order valence-corrected chi connectivity index (χ4v) is 4.96. The molecular formula is C23H29FNOP. The molecule has 1 aliphatic heterocycles. The van der Waals surface area contributed by atoms with Crippen LogP contribution in [-0.2, 0) is 10.2 Å².